The summed E-state index contributed by atoms with van der Waals surface area (Å²) in [6, 6.07) is 14.4. The summed E-state index contributed by atoms with van der Waals surface area (Å²) in [4.78, 5) is 27.8. The van der Waals surface area contributed by atoms with Gasteiger partial charge in [-0.05, 0) is 62.7 Å². The van der Waals surface area contributed by atoms with Crippen molar-refractivity contribution in [2.45, 2.75) is 20.8 Å². The number of benzene rings is 2. The van der Waals surface area contributed by atoms with Crippen LogP contribution in [0.15, 0.2) is 54.1 Å². The summed E-state index contributed by atoms with van der Waals surface area (Å²) in [5.41, 5.74) is 2.18. The molecule has 0 saturated carbocycles. The number of anilines is 1. The van der Waals surface area contributed by atoms with Gasteiger partial charge in [0.1, 0.15) is 11.3 Å². The minimum Gasteiger partial charge on any atom is -0.497 e. The first-order valence-electron chi connectivity index (χ1n) is 9.47. The molecular formula is C23H27NO4. The molecule has 0 aliphatic rings. The summed E-state index contributed by atoms with van der Waals surface area (Å²) < 4.78 is 10.3. The molecule has 2 aromatic rings. The highest BCUT2D eigenvalue weighted by molar-refractivity contribution is 6.27. The van der Waals surface area contributed by atoms with Crippen LogP contribution >= 0.6 is 0 Å². The normalized spacial score (nSPS) is 11.1. The molecule has 0 unspecified atom stereocenters. The minimum atomic E-state index is -0.627. The van der Waals surface area contributed by atoms with Crippen LogP contribution in [0.1, 0.15) is 36.7 Å². The molecular weight excluding hydrogens is 354 g/mol. The van der Waals surface area contributed by atoms with E-state index in [1.54, 1.807) is 44.4 Å². The van der Waals surface area contributed by atoms with Gasteiger partial charge in [0.15, 0.2) is 5.78 Å². The number of para-hydroxylation sites is 1. The fourth-order valence-electron chi connectivity index (χ4n) is 2.94. The Morgan fingerprint density at radius 3 is 2.18 bits per heavy atom. The first kappa shape index (κ1) is 21.2. The van der Waals surface area contributed by atoms with E-state index in [4.69, 9.17) is 9.47 Å². The maximum Gasteiger partial charge on any atom is 0.342 e. The lowest BCUT2D eigenvalue weighted by Gasteiger charge is -2.23. The molecule has 0 aliphatic carbocycles. The molecule has 0 atom stereocenters. The Balaban J connectivity index is 2.52. The van der Waals surface area contributed by atoms with E-state index in [9.17, 15) is 9.59 Å². The summed E-state index contributed by atoms with van der Waals surface area (Å²) in [6.07, 6.45) is 1.62. The first-order chi connectivity index (χ1) is 13.5. The quantitative estimate of drug-likeness (QED) is 0.212. The fraction of sp³-hybridized carbons (Fsp3) is 0.304. The number of methoxy groups -OCH3 is 1. The molecule has 0 saturated heterocycles. The second-order valence-electron chi connectivity index (χ2n) is 6.07. The average Bonchev–Trinajstić information content (AvgIpc) is 2.73. The van der Waals surface area contributed by atoms with Gasteiger partial charge in [-0.2, -0.15) is 0 Å². The highest BCUT2D eigenvalue weighted by Gasteiger charge is 2.22. The van der Waals surface area contributed by atoms with Gasteiger partial charge in [-0.1, -0.05) is 18.2 Å². The molecule has 0 spiro atoms. The zero-order valence-corrected chi connectivity index (χ0v) is 16.9. The number of carbonyl (C=O) groups excluding carboxylic acids is 2. The lowest BCUT2D eigenvalue weighted by atomic mass is 10.00. The molecule has 148 valence electrons. The zero-order valence-electron chi connectivity index (χ0n) is 16.9. The van der Waals surface area contributed by atoms with E-state index in [1.165, 1.54) is 0 Å². The van der Waals surface area contributed by atoms with E-state index < -0.39 is 5.97 Å². The van der Waals surface area contributed by atoms with Crippen molar-refractivity contribution in [3.05, 3.63) is 65.2 Å². The Labute approximate surface area is 166 Å². The van der Waals surface area contributed by atoms with Gasteiger partial charge in [0, 0.05) is 24.3 Å². The number of carbonyl (C=O) groups is 2. The van der Waals surface area contributed by atoms with Crippen LogP contribution in [0.5, 0.6) is 5.75 Å². The number of esters is 1. The van der Waals surface area contributed by atoms with Crippen LogP contribution in [0.4, 0.5) is 5.69 Å². The second kappa shape index (κ2) is 10.3. The number of Topliss-reactive ketones (excluding diaryl/α,β-unsaturated/α-hetero) is 1. The molecule has 2 rings (SSSR count). The van der Waals surface area contributed by atoms with Gasteiger partial charge >= 0.3 is 5.97 Å². The topological polar surface area (TPSA) is 55.8 Å². The third-order valence-electron chi connectivity index (χ3n) is 4.43. The van der Waals surface area contributed by atoms with Gasteiger partial charge in [0.25, 0.3) is 0 Å². The molecule has 0 fully saturated rings. The van der Waals surface area contributed by atoms with E-state index >= 15 is 0 Å². The Morgan fingerprint density at radius 1 is 0.964 bits per heavy atom. The highest BCUT2D eigenvalue weighted by atomic mass is 16.5. The molecule has 0 heterocycles. The van der Waals surface area contributed by atoms with Crippen molar-refractivity contribution in [2.24, 2.45) is 0 Å². The Morgan fingerprint density at radius 2 is 1.61 bits per heavy atom. The van der Waals surface area contributed by atoms with Crippen LogP contribution in [0.2, 0.25) is 0 Å². The van der Waals surface area contributed by atoms with Crippen LogP contribution < -0.4 is 9.64 Å². The van der Waals surface area contributed by atoms with Crippen LogP contribution in [-0.4, -0.2) is 38.6 Å². The van der Waals surface area contributed by atoms with Crippen molar-refractivity contribution in [3.63, 3.8) is 0 Å². The van der Waals surface area contributed by atoms with Crippen molar-refractivity contribution in [2.75, 3.05) is 31.7 Å². The highest BCUT2D eigenvalue weighted by Crippen LogP contribution is 2.25. The van der Waals surface area contributed by atoms with Crippen LogP contribution in [0.3, 0.4) is 0 Å². The fourth-order valence-corrected chi connectivity index (χ4v) is 2.94. The molecule has 5 nitrogen and oxygen atoms in total. The maximum atomic E-state index is 13.1. The van der Waals surface area contributed by atoms with E-state index in [2.05, 4.69) is 18.7 Å². The SMILES string of the molecule is CCOC(=O)C(=Cc1ccccc1N(CC)CC)C(=O)c1ccc(OC)cc1. The Bertz CT molecular complexity index is 836. The van der Waals surface area contributed by atoms with E-state index in [-0.39, 0.29) is 18.0 Å². The third kappa shape index (κ3) is 5.00. The molecule has 0 radical (unpaired) electrons. The smallest absolute Gasteiger partial charge is 0.342 e. The molecule has 0 N–H and O–H groups in total. The van der Waals surface area contributed by atoms with Gasteiger partial charge in [-0.25, -0.2) is 4.79 Å². The molecule has 0 bridgehead atoms. The van der Waals surface area contributed by atoms with Crippen LogP contribution in [-0.2, 0) is 9.53 Å². The summed E-state index contributed by atoms with van der Waals surface area (Å²) in [5.74, 6) is -0.363. The molecule has 5 heteroatoms. The molecule has 0 aliphatic heterocycles. The largest absolute Gasteiger partial charge is 0.497 e. The van der Waals surface area contributed by atoms with Crippen LogP contribution in [0, 0.1) is 0 Å². The predicted molar refractivity (Wildman–Crippen MR) is 112 cm³/mol. The minimum absolute atomic E-state index is 0.00613. The lowest BCUT2D eigenvalue weighted by Crippen LogP contribution is -2.23. The molecule has 28 heavy (non-hydrogen) atoms. The number of hydrogen-bond donors (Lipinski definition) is 0. The van der Waals surface area contributed by atoms with Gasteiger partial charge < -0.3 is 14.4 Å². The van der Waals surface area contributed by atoms with Crippen molar-refractivity contribution in [1.82, 2.24) is 0 Å². The number of ketones is 1. The number of rotatable bonds is 9. The van der Waals surface area contributed by atoms with Gasteiger partial charge in [-0.3, -0.25) is 4.79 Å². The maximum absolute atomic E-state index is 13.1. The lowest BCUT2D eigenvalue weighted by molar-refractivity contribution is -0.137. The Kier molecular flexibility index (Phi) is 7.81. The summed E-state index contributed by atoms with van der Waals surface area (Å²) >= 11 is 0. The first-order valence-corrected chi connectivity index (χ1v) is 9.47. The monoisotopic (exact) mass is 381 g/mol. The predicted octanol–water partition coefficient (Wildman–Crippen LogP) is 4.37. The van der Waals surface area contributed by atoms with E-state index in [0.717, 1.165) is 24.3 Å². The number of ether oxygens (including phenoxy) is 2. The van der Waals surface area contributed by atoms with Gasteiger partial charge in [0.05, 0.1) is 13.7 Å². The molecule has 2 aromatic carbocycles. The van der Waals surface area contributed by atoms with Crippen molar-refractivity contribution < 1.29 is 19.1 Å². The van der Waals surface area contributed by atoms with Crippen molar-refractivity contribution in [3.8, 4) is 5.75 Å². The molecule has 0 amide bonds. The number of nitrogens with zero attached hydrogens (tertiary/aromatic N) is 1. The van der Waals surface area contributed by atoms with Crippen molar-refractivity contribution >= 4 is 23.5 Å². The standard InChI is InChI=1S/C23H27NO4/c1-5-24(6-2)21-11-9-8-10-18(21)16-20(23(26)28-7-3)22(25)17-12-14-19(27-4)15-13-17/h8-16H,5-7H2,1-4H3. The third-order valence-corrected chi connectivity index (χ3v) is 4.43. The summed E-state index contributed by atoms with van der Waals surface area (Å²) in [5, 5.41) is 0. The van der Waals surface area contributed by atoms with E-state index in [1.807, 2.05) is 24.3 Å². The Hall–Kier alpha value is -3.08. The second-order valence-corrected chi connectivity index (χ2v) is 6.07. The summed E-state index contributed by atoms with van der Waals surface area (Å²) in [7, 11) is 1.56. The van der Waals surface area contributed by atoms with Crippen molar-refractivity contribution in [1.29, 1.82) is 0 Å². The van der Waals surface area contributed by atoms with E-state index in [0.29, 0.717) is 11.3 Å². The van der Waals surface area contributed by atoms with Gasteiger partial charge in [0.2, 0.25) is 0 Å². The summed E-state index contributed by atoms with van der Waals surface area (Å²) in [6.45, 7) is 7.70. The average molecular weight is 381 g/mol. The molecule has 0 aromatic heterocycles. The zero-order chi connectivity index (χ0) is 20.5. The van der Waals surface area contributed by atoms with Gasteiger partial charge in [-0.15, -0.1) is 0 Å². The van der Waals surface area contributed by atoms with Crippen LogP contribution in [0.25, 0.3) is 6.08 Å². The number of hydrogen-bond acceptors (Lipinski definition) is 5.